The molecule has 4 aromatic rings. The van der Waals surface area contributed by atoms with Crippen LogP contribution in [0.3, 0.4) is 0 Å². The summed E-state index contributed by atoms with van der Waals surface area (Å²) >= 11 is 0. The van der Waals surface area contributed by atoms with Crippen molar-refractivity contribution in [3.63, 3.8) is 0 Å². The molecule has 0 saturated carbocycles. The second-order valence-electron chi connectivity index (χ2n) is 7.88. The highest BCUT2D eigenvalue weighted by molar-refractivity contribution is 6.17. The Morgan fingerprint density at radius 2 is 1.44 bits per heavy atom. The van der Waals surface area contributed by atoms with Crippen LogP contribution in [0.2, 0.25) is 0 Å². The van der Waals surface area contributed by atoms with Crippen LogP contribution in [0.1, 0.15) is 48.8 Å². The third-order valence-corrected chi connectivity index (χ3v) is 5.53. The van der Waals surface area contributed by atoms with Gasteiger partial charge in [-0.05, 0) is 32.4 Å². The number of aromatic nitrogens is 2. The molecule has 4 rings (SSSR count). The van der Waals surface area contributed by atoms with Crippen LogP contribution in [-0.2, 0) is 6.54 Å². The van der Waals surface area contributed by atoms with Crippen LogP contribution >= 0.6 is 0 Å². The molecule has 0 bridgehead atoms. The van der Waals surface area contributed by atoms with Crippen molar-refractivity contribution in [1.82, 2.24) is 9.78 Å². The molecule has 0 atom stereocenters. The number of rotatable bonds is 6. The molecular formula is C27H25N3O2. The molecule has 0 spiro atoms. The summed E-state index contributed by atoms with van der Waals surface area (Å²) in [7, 11) is 0. The third kappa shape index (κ3) is 4.37. The van der Waals surface area contributed by atoms with E-state index in [-0.39, 0.29) is 11.7 Å². The summed E-state index contributed by atoms with van der Waals surface area (Å²) in [6, 6.07) is 24.3. The fraction of sp³-hybridized carbons (Fsp3) is 0.148. The topological polar surface area (TPSA) is 64.0 Å². The molecule has 0 aliphatic carbocycles. The molecule has 1 amide bonds. The Kier molecular flexibility index (Phi) is 5.99. The third-order valence-electron chi connectivity index (χ3n) is 5.53. The van der Waals surface area contributed by atoms with Crippen molar-refractivity contribution in [2.45, 2.75) is 27.3 Å². The van der Waals surface area contributed by atoms with E-state index < -0.39 is 0 Å². The van der Waals surface area contributed by atoms with Gasteiger partial charge in [-0.2, -0.15) is 5.10 Å². The average Bonchev–Trinajstić information content (AvgIpc) is 3.07. The Hall–Kier alpha value is -3.99. The SMILES string of the molecule is Cc1ccc(C(=O)c2ccccc2C(=O)Nc2c(C)nn(Cc3ccccc3)c2C)cc1. The largest absolute Gasteiger partial charge is 0.319 e. The molecule has 5 nitrogen and oxygen atoms in total. The van der Waals surface area contributed by atoms with Crippen molar-refractivity contribution in [3.8, 4) is 0 Å². The minimum absolute atomic E-state index is 0.177. The van der Waals surface area contributed by atoms with Gasteiger partial charge in [0.25, 0.3) is 5.91 Å². The van der Waals surface area contributed by atoms with Gasteiger partial charge in [0.2, 0.25) is 0 Å². The van der Waals surface area contributed by atoms with Crippen molar-refractivity contribution in [1.29, 1.82) is 0 Å². The summed E-state index contributed by atoms with van der Waals surface area (Å²) in [5.74, 6) is -0.504. The van der Waals surface area contributed by atoms with Crippen LogP contribution in [0.4, 0.5) is 5.69 Å². The lowest BCUT2D eigenvalue weighted by molar-refractivity contribution is 0.0996. The normalized spacial score (nSPS) is 10.7. The molecule has 0 radical (unpaired) electrons. The summed E-state index contributed by atoms with van der Waals surface area (Å²) in [6.45, 7) is 6.39. The van der Waals surface area contributed by atoms with E-state index in [1.54, 1.807) is 36.4 Å². The summed E-state index contributed by atoms with van der Waals surface area (Å²) in [6.07, 6.45) is 0. The lowest BCUT2D eigenvalue weighted by Gasteiger charge is -2.11. The molecule has 3 aromatic carbocycles. The van der Waals surface area contributed by atoms with E-state index >= 15 is 0 Å². The first-order chi connectivity index (χ1) is 15.4. The van der Waals surface area contributed by atoms with E-state index in [9.17, 15) is 9.59 Å². The van der Waals surface area contributed by atoms with E-state index in [1.807, 2.05) is 67.9 Å². The first kappa shape index (κ1) is 21.2. The van der Waals surface area contributed by atoms with Crippen LogP contribution in [0.5, 0.6) is 0 Å². The van der Waals surface area contributed by atoms with Gasteiger partial charge in [-0.3, -0.25) is 14.3 Å². The van der Waals surface area contributed by atoms with Crippen molar-refractivity contribution in [3.05, 3.63) is 118 Å². The predicted molar refractivity (Wildman–Crippen MR) is 126 cm³/mol. The van der Waals surface area contributed by atoms with E-state index in [4.69, 9.17) is 0 Å². The van der Waals surface area contributed by atoms with Gasteiger partial charge in [0, 0.05) is 11.1 Å². The highest BCUT2D eigenvalue weighted by Gasteiger charge is 2.21. The summed E-state index contributed by atoms with van der Waals surface area (Å²) < 4.78 is 1.88. The molecule has 32 heavy (non-hydrogen) atoms. The van der Waals surface area contributed by atoms with Gasteiger partial charge in [-0.15, -0.1) is 0 Å². The molecule has 160 valence electrons. The first-order valence-electron chi connectivity index (χ1n) is 10.5. The van der Waals surface area contributed by atoms with Crippen molar-refractivity contribution in [2.75, 3.05) is 5.32 Å². The average molecular weight is 424 g/mol. The minimum atomic E-state index is -0.327. The molecule has 0 saturated heterocycles. The monoisotopic (exact) mass is 423 g/mol. The van der Waals surface area contributed by atoms with Gasteiger partial charge in [0.1, 0.15) is 0 Å². The number of hydrogen-bond donors (Lipinski definition) is 1. The minimum Gasteiger partial charge on any atom is -0.319 e. The summed E-state index contributed by atoms with van der Waals surface area (Å²) in [5.41, 5.74) is 5.74. The van der Waals surface area contributed by atoms with E-state index in [2.05, 4.69) is 10.4 Å². The molecule has 0 unspecified atom stereocenters. The Morgan fingerprint density at radius 3 is 2.12 bits per heavy atom. The fourth-order valence-electron chi connectivity index (χ4n) is 3.71. The zero-order chi connectivity index (χ0) is 22.7. The van der Waals surface area contributed by atoms with Crippen molar-refractivity contribution < 1.29 is 9.59 Å². The van der Waals surface area contributed by atoms with E-state index in [0.29, 0.717) is 28.9 Å². The van der Waals surface area contributed by atoms with Gasteiger partial charge in [0.05, 0.1) is 29.2 Å². The van der Waals surface area contributed by atoms with Gasteiger partial charge in [-0.25, -0.2) is 0 Å². The molecule has 1 N–H and O–H groups in total. The highest BCUT2D eigenvalue weighted by atomic mass is 16.2. The van der Waals surface area contributed by atoms with Gasteiger partial charge in [-0.1, -0.05) is 78.4 Å². The smallest absolute Gasteiger partial charge is 0.256 e. The van der Waals surface area contributed by atoms with E-state index in [0.717, 1.165) is 22.5 Å². The molecule has 5 heteroatoms. The molecule has 1 heterocycles. The lowest BCUT2D eigenvalue weighted by Crippen LogP contribution is -2.18. The van der Waals surface area contributed by atoms with Gasteiger partial charge in [0.15, 0.2) is 5.78 Å². The number of ketones is 1. The predicted octanol–water partition coefficient (Wildman–Crippen LogP) is 5.34. The highest BCUT2D eigenvalue weighted by Crippen LogP contribution is 2.23. The second kappa shape index (κ2) is 9.02. The number of benzene rings is 3. The maximum absolute atomic E-state index is 13.2. The number of nitrogens with one attached hydrogen (secondary N) is 1. The number of hydrogen-bond acceptors (Lipinski definition) is 3. The number of carbonyl (C=O) groups excluding carboxylic acids is 2. The van der Waals surface area contributed by atoms with Crippen LogP contribution in [0.25, 0.3) is 0 Å². The maximum atomic E-state index is 13.2. The quantitative estimate of drug-likeness (QED) is 0.426. The molecule has 0 fully saturated rings. The molecule has 0 aliphatic heterocycles. The molecular weight excluding hydrogens is 398 g/mol. The number of carbonyl (C=O) groups is 2. The van der Waals surface area contributed by atoms with Crippen LogP contribution in [0.15, 0.2) is 78.9 Å². The Morgan fingerprint density at radius 1 is 0.812 bits per heavy atom. The van der Waals surface area contributed by atoms with Crippen molar-refractivity contribution >= 4 is 17.4 Å². The molecule has 0 aliphatic rings. The van der Waals surface area contributed by atoms with E-state index in [1.165, 1.54) is 0 Å². The second-order valence-corrected chi connectivity index (χ2v) is 7.88. The van der Waals surface area contributed by atoms with Crippen LogP contribution < -0.4 is 5.32 Å². The number of aryl methyl sites for hydroxylation is 2. The Labute approximate surface area is 187 Å². The maximum Gasteiger partial charge on any atom is 0.256 e. The number of anilines is 1. The Balaban J connectivity index is 1.60. The Bertz CT molecular complexity index is 1270. The number of amides is 1. The zero-order valence-electron chi connectivity index (χ0n) is 18.4. The zero-order valence-corrected chi connectivity index (χ0v) is 18.4. The fourth-order valence-corrected chi connectivity index (χ4v) is 3.71. The van der Waals surface area contributed by atoms with Crippen LogP contribution in [-0.4, -0.2) is 21.5 Å². The molecule has 1 aromatic heterocycles. The van der Waals surface area contributed by atoms with Crippen molar-refractivity contribution in [2.24, 2.45) is 0 Å². The standard InChI is InChI=1S/C27H25N3O2/c1-18-13-15-22(16-14-18)26(31)23-11-7-8-12-24(23)27(32)28-25-19(2)29-30(20(25)3)17-21-9-5-4-6-10-21/h4-16H,17H2,1-3H3,(H,28,32). The van der Waals surface area contributed by atoms with Gasteiger partial charge < -0.3 is 5.32 Å². The van der Waals surface area contributed by atoms with Gasteiger partial charge >= 0.3 is 0 Å². The lowest BCUT2D eigenvalue weighted by atomic mass is 9.97. The number of nitrogens with zero attached hydrogens (tertiary/aromatic N) is 2. The summed E-state index contributed by atoms with van der Waals surface area (Å²) in [5, 5.41) is 7.58. The van der Waals surface area contributed by atoms with Crippen LogP contribution in [0, 0.1) is 20.8 Å². The first-order valence-corrected chi connectivity index (χ1v) is 10.5. The summed E-state index contributed by atoms with van der Waals surface area (Å²) in [4.78, 5) is 26.3.